The van der Waals surface area contributed by atoms with Gasteiger partial charge in [-0.1, -0.05) is 0 Å². The van der Waals surface area contributed by atoms with Crippen LogP contribution >= 0.6 is 0 Å². The predicted octanol–water partition coefficient (Wildman–Crippen LogP) is 2.06. The molecular formula is C42H42F10K2N2O11Si. The summed E-state index contributed by atoms with van der Waals surface area (Å²) in [4.78, 5) is 43.7. The third-order valence-electron chi connectivity index (χ3n) is 9.34. The molecule has 0 saturated carbocycles. The maximum atomic E-state index is 14.6. The summed E-state index contributed by atoms with van der Waals surface area (Å²) in [6.45, 7) is 7.88. The summed E-state index contributed by atoms with van der Waals surface area (Å²) < 4.78 is 162. The Bertz CT molecular complexity index is 2380. The summed E-state index contributed by atoms with van der Waals surface area (Å²) in [5, 5.41) is 17.9. The molecular weight excluding hydrogens is 1000 g/mol. The standard InChI is InChI=1S/C22H24F5NO4Si.C19H16F5NO4.CH2O3.2K.H/c1-5-30-21(29)17-11-15(13-7-6-12(23)10-16(13)24)14-8-9-18(31-20(14)28-17)19(22(25,26)27)32-33(2,3)4;1-2-28-18(27)14-8-12(10-4-3-9(20)7-13(10)21)11-5-6-15(29-17(11)25-14)16(26)19(22,23)24;2-1-4-3;;;/h6-7,10-11,18-19H,5,8-9H2,1-4H3;3-4,7-8,15-16,26H,2,5-6H2,1H3;1,3H;;;/q;;;2*+1;-1/p-1. The van der Waals surface area contributed by atoms with Gasteiger partial charge in [0.2, 0.25) is 11.8 Å². The number of hydrogen-bond acceptors (Lipinski definition) is 13. The number of aliphatic hydroxyl groups excluding tert-OH is 1. The summed E-state index contributed by atoms with van der Waals surface area (Å²) in [5.74, 6) is -5.73. The van der Waals surface area contributed by atoms with Gasteiger partial charge in [0.1, 0.15) is 35.5 Å². The van der Waals surface area contributed by atoms with Gasteiger partial charge in [0.15, 0.2) is 31.9 Å². The van der Waals surface area contributed by atoms with E-state index < -0.39 is 80.3 Å². The number of nitrogens with zero attached hydrogens (tertiary/aromatic N) is 2. The van der Waals surface area contributed by atoms with Crippen LogP contribution < -0.4 is 118 Å². The van der Waals surface area contributed by atoms with Crippen molar-refractivity contribution in [3.05, 3.63) is 94.3 Å². The Morgan fingerprint density at radius 1 is 0.750 bits per heavy atom. The van der Waals surface area contributed by atoms with E-state index in [1.54, 1.807) is 33.5 Å². The van der Waals surface area contributed by atoms with Crippen LogP contribution in [-0.2, 0) is 36.4 Å². The molecule has 26 heteroatoms. The third kappa shape index (κ3) is 16.8. The molecule has 4 aromatic rings. The van der Waals surface area contributed by atoms with Crippen molar-refractivity contribution in [2.45, 2.75) is 95.9 Å². The van der Waals surface area contributed by atoms with E-state index >= 15 is 0 Å². The molecule has 2 aromatic heterocycles. The Morgan fingerprint density at radius 2 is 1.15 bits per heavy atom. The molecule has 0 saturated heterocycles. The average molecular weight is 1050 g/mol. The summed E-state index contributed by atoms with van der Waals surface area (Å²) in [6, 6.07) is 8.21. The number of rotatable bonds is 11. The maximum absolute atomic E-state index is 14.6. The minimum atomic E-state index is -4.91. The van der Waals surface area contributed by atoms with Gasteiger partial charge in [-0.2, -0.15) is 26.3 Å². The molecule has 0 spiro atoms. The molecule has 362 valence electrons. The minimum absolute atomic E-state index is 0. The van der Waals surface area contributed by atoms with Crippen molar-refractivity contribution in [2.24, 2.45) is 0 Å². The Balaban J connectivity index is 0.000000619. The Hall–Kier alpha value is -2.58. The molecule has 4 heterocycles. The molecule has 4 atom stereocenters. The Morgan fingerprint density at radius 3 is 1.49 bits per heavy atom. The van der Waals surface area contributed by atoms with Gasteiger partial charge in [0.05, 0.1) is 13.2 Å². The number of carbonyl (C=O) groups is 3. The van der Waals surface area contributed by atoms with Crippen molar-refractivity contribution in [3.63, 3.8) is 0 Å². The third-order valence-corrected chi connectivity index (χ3v) is 10.3. The number of alkyl halides is 6. The van der Waals surface area contributed by atoms with Gasteiger partial charge in [-0.25, -0.2) is 37.1 Å². The predicted molar refractivity (Wildman–Crippen MR) is 211 cm³/mol. The van der Waals surface area contributed by atoms with E-state index in [1.807, 2.05) is 0 Å². The first-order chi connectivity index (χ1) is 30.8. The van der Waals surface area contributed by atoms with Crippen molar-refractivity contribution < 1.29 is 201 Å². The van der Waals surface area contributed by atoms with E-state index in [0.29, 0.717) is 17.7 Å². The summed E-state index contributed by atoms with van der Waals surface area (Å²) in [6.07, 6.45) is -17.8. The van der Waals surface area contributed by atoms with Crippen molar-refractivity contribution in [3.8, 4) is 34.0 Å². The second-order valence-corrected chi connectivity index (χ2v) is 19.6. The van der Waals surface area contributed by atoms with Crippen molar-refractivity contribution >= 4 is 26.7 Å². The Kier molecular flexibility index (Phi) is 24.2. The second kappa shape index (κ2) is 26.7. The van der Waals surface area contributed by atoms with Crippen molar-refractivity contribution in [1.29, 1.82) is 0 Å². The molecule has 6 rings (SSSR count). The second-order valence-electron chi connectivity index (χ2n) is 15.1. The first-order valence-corrected chi connectivity index (χ1v) is 23.1. The molecule has 0 aliphatic carbocycles. The molecule has 1 N–H and O–H groups in total. The number of aliphatic hydroxyl groups is 1. The van der Waals surface area contributed by atoms with Crippen LogP contribution in [0.25, 0.3) is 22.3 Å². The molecule has 2 aliphatic heterocycles. The number of pyridine rings is 2. The average Bonchev–Trinajstić information content (AvgIpc) is 3.23. The van der Waals surface area contributed by atoms with E-state index in [0.717, 1.165) is 18.2 Å². The Labute approximate surface area is 470 Å². The largest absolute Gasteiger partial charge is 1.00 e. The van der Waals surface area contributed by atoms with Gasteiger partial charge in [-0.3, -0.25) is 4.79 Å². The molecule has 0 radical (unpaired) electrons. The van der Waals surface area contributed by atoms with Crippen molar-refractivity contribution in [2.75, 3.05) is 13.2 Å². The molecule has 0 bridgehead atoms. The number of halogens is 10. The molecule has 4 unspecified atom stereocenters. The number of ether oxygens (including phenoxy) is 4. The monoisotopic (exact) mass is 1050 g/mol. The van der Waals surface area contributed by atoms with Gasteiger partial charge >= 0.3 is 127 Å². The fraction of sp³-hybridized carbons (Fsp3) is 0.405. The number of carbonyl (C=O) groups excluding carboxylic acids is 3. The maximum Gasteiger partial charge on any atom is 1.00 e. The molecule has 0 fully saturated rings. The summed E-state index contributed by atoms with van der Waals surface area (Å²) in [5.41, 5.74) is 0.176. The van der Waals surface area contributed by atoms with E-state index in [2.05, 4.69) is 14.9 Å². The van der Waals surface area contributed by atoms with E-state index in [-0.39, 0.29) is 201 Å². The number of esters is 2. The molecule has 13 nitrogen and oxygen atoms in total. The van der Waals surface area contributed by atoms with Crippen LogP contribution in [0.1, 0.15) is 60.2 Å². The number of hydrogen-bond donors (Lipinski definition) is 1. The van der Waals surface area contributed by atoms with Crippen LogP contribution in [0.3, 0.4) is 0 Å². The number of benzene rings is 2. The van der Waals surface area contributed by atoms with Crippen LogP contribution in [0.15, 0.2) is 48.5 Å². The van der Waals surface area contributed by atoms with E-state index in [9.17, 15) is 58.6 Å². The topological polar surface area (TPSA) is 176 Å². The van der Waals surface area contributed by atoms with Crippen LogP contribution in [0.5, 0.6) is 11.8 Å². The summed E-state index contributed by atoms with van der Waals surface area (Å²) in [7, 11) is -2.60. The van der Waals surface area contributed by atoms with E-state index in [4.69, 9.17) is 33.4 Å². The summed E-state index contributed by atoms with van der Waals surface area (Å²) >= 11 is 0. The zero-order valence-corrected chi connectivity index (χ0v) is 44.7. The fourth-order valence-electron chi connectivity index (χ4n) is 6.65. The molecule has 68 heavy (non-hydrogen) atoms. The van der Waals surface area contributed by atoms with Gasteiger partial charge in [0.25, 0.3) is 6.47 Å². The van der Waals surface area contributed by atoms with Crippen LogP contribution in [0.4, 0.5) is 43.9 Å². The van der Waals surface area contributed by atoms with Gasteiger partial charge < -0.3 is 40.1 Å². The first-order valence-electron chi connectivity index (χ1n) is 19.7. The normalized spacial score (nSPS) is 16.0. The van der Waals surface area contributed by atoms with E-state index in [1.165, 1.54) is 18.2 Å². The molecule has 2 aromatic carbocycles. The quantitative estimate of drug-likeness (QED) is 0.0578. The zero-order valence-electron chi connectivity index (χ0n) is 38.5. The zero-order chi connectivity index (χ0) is 49.3. The van der Waals surface area contributed by atoms with Crippen molar-refractivity contribution in [1.82, 2.24) is 9.97 Å². The van der Waals surface area contributed by atoms with Gasteiger partial charge in [-0.05, 0) is 107 Å². The SMILES string of the molecule is CCOC(=O)c1cc(-c2ccc(F)cc2F)c2c(n1)OC(C(O)C(F)(F)F)CC2.CCOC(=O)c1cc(-c2ccc(F)cc2F)c2c(n1)OC(C(O[Si](C)(C)C)C(F)(F)F)CC2.O=CO[O-].[H-].[K+].[K+]. The van der Waals surface area contributed by atoms with Gasteiger partial charge in [-0.15, -0.1) is 0 Å². The molecule has 0 amide bonds. The van der Waals surface area contributed by atoms with Crippen LogP contribution in [-0.4, -0.2) is 91.8 Å². The smallest absolute Gasteiger partial charge is 1.00 e. The van der Waals surface area contributed by atoms with Crippen LogP contribution in [0, 0.1) is 23.3 Å². The van der Waals surface area contributed by atoms with Crippen LogP contribution in [0.2, 0.25) is 19.6 Å². The molecule has 2 aliphatic rings. The fourth-order valence-corrected chi connectivity index (χ4v) is 7.70. The minimum Gasteiger partial charge on any atom is -1.00 e. The van der Waals surface area contributed by atoms with Gasteiger partial charge in [0, 0.05) is 34.4 Å². The first kappa shape index (κ1) is 61.5. The number of aromatic nitrogens is 2. The number of fused-ring (bicyclic) bond motifs is 2.